The third-order valence-corrected chi connectivity index (χ3v) is 3.37. The molecule has 2 rings (SSSR count). The second kappa shape index (κ2) is 5.14. The van der Waals surface area contributed by atoms with E-state index in [4.69, 9.17) is 4.74 Å². The Bertz CT molecular complexity index is 437. The fourth-order valence-electron chi connectivity index (χ4n) is 1.89. The number of ether oxygens (including phenoxy) is 1. The number of aryl methyl sites for hydroxylation is 1. The van der Waals surface area contributed by atoms with Gasteiger partial charge in [0.25, 0.3) is 5.91 Å². The van der Waals surface area contributed by atoms with Gasteiger partial charge in [0.1, 0.15) is 11.9 Å². The van der Waals surface area contributed by atoms with Crippen LogP contribution >= 0.6 is 15.9 Å². The van der Waals surface area contributed by atoms with Gasteiger partial charge < -0.3 is 10.1 Å². The minimum absolute atomic E-state index is 0.104. The van der Waals surface area contributed by atoms with Gasteiger partial charge in [0.05, 0.1) is 0 Å². The average molecular weight is 299 g/mol. The number of hydrogen-bond acceptors (Lipinski definition) is 3. The Morgan fingerprint density at radius 2 is 2.41 bits per heavy atom. The SMILES string of the molecule is Cc1cc(Br)cnc1NC(=O)C1OCCC1C. The number of halogens is 1. The Labute approximate surface area is 109 Å². The van der Waals surface area contributed by atoms with Crippen molar-refractivity contribution >= 4 is 27.7 Å². The molecule has 5 heteroatoms. The highest BCUT2D eigenvalue weighted by atomic mass is 79.9. The molecule has 1 N–H and O–H groups in total. The van der Waals surface area contributed by atoms with Crippen molar-refractivity contribution in [1.29, 1.82) is 0 Å². The molecule has 1 fully saturated rings. The third kappa shape index (κ3) is 2.84. The fraction of sp³-hybridized carbons (Fsp3) is 0.500. The summed E-state index contributed by atoms with van der Waals surface area (Å²) >= 11 is 3.34. The molecule has 1 amide bonds. The maximum atomic E-state index is 12.0. The third-order valence-electron chi connectivity index (χ3n) is 2.93. The molecule has 4 nitrogen and oxygen atoms in total. The lowest BCUT2D eigenvalue weighted by Gasteiger charge is -2.15. The molecular weight excluding hydrogens is 284 g/mol. The summed E-state index contributed by atoms with van der Waals surface area (Å²) in [6, 6.07) is 1.92. The van der Waals surface area contributed by atoms with E-state index in [1.54, 1.807) is 6.20 Å². The molecule has 2 heterocycles. The fourth-order valence-corrected chi connectivity index (χ4v) is 2.34. The molecule has 1 aromatic rings. The monoisotopic (exact) mass is 298 g/mol. The number of aromatic nitrogens is 1. The normalized spacial score (nSPS) is 23.7. The predicted octanol–water partition coefficient (Wildman–Crippen LogP) is 2.52. The zero-order valence-electron chi connectivity index (χ0n) is 9.87. The van der Waals surface area contributed by atoms with Gasteiger partial charge in [0.2, 0.25) is 0 Å². The van der Waals surface area contributed by atoms with Gasteiger partial charge in [0, 0.05) is 17.3 Å². The first kappa shape index (κ1) is 12.5. The highest BCUT2D eigenvalue weighted by Gasteiger charge is 2.31. The van der Waals surface area contributed by atoms with E-state index in [0.717, 1.165) is 16.5 Å². The smallest absolute Gasteiger partial charge is 0.254 e. The summed E-state index contributed by atoms with van der Waals surface area (Å²) in [4.78, 5) is 16.2. The van der Waals surface area contributed by atoms with Crippen molar-refractivity contribution in [3.8, 4) is 0 Å². The zero-order valence-corrected chi connectivity index (χ0v) is 11.5. The Hall–Kier alpha value is -0.940. The van der Waals surface area contributed by atoms with Gasteiger partial charge in [-0.2, -0.15) is 0 Å². The minimum atomic E-state index is -0.347. The van der Waals surface area contributed by atoms with Crippen LogP contribution in [-0.2, 0) is 9.53 Å². The summed E-state index contributed by atoms with van der Waals surface area (Å²) in [5.74, 6) is 0.763. The van der Waals surface area contributed by atoms with E-state index in [-0.39, 0.29) is 17.9 Å². The van der Waals surface area contributed by atoms with E-state index < -0.39 is 0 Å². The number of amides is 1. The summed E-state index contributed by atoms with van der Waals surface area (Å²) < 4.78 is 6.32. The largest absolute Gasteiger partial charge is 0.368 e. The molecular formula is C12H15BrN2O2. The van der Waals surface area contributed by atoms with Crippen molar-refractivity contribution in [2.24, 2.45) is 5.92 Å². The summed E-state index contributed by atoms with van der Waals surface area (Å²) in [5.41, 5.74) is 0.929. The molecule has 2 unspecified atom stereocenters. The van der Waals surface area contributed by atoms with E-state index >= 15 is 0 Å². The number of rotatable bonds is 2. The van der Waals surface area contributed by atoms with E-state index in [0.29, 0.717) is 12.4 Å². The Morgan fingerprint density at radius 1 is 1.65 bits per heavy atom. The van der Waals surface area contributed by atoms with Crippen LogP contribution in [0.4, 0.5) is 5.82 Å². The molecule has 0 aliphatic carbocycles. The maximum absolute atomic E-state index is 12.0. The maximum Gasteiger partial charge on any atom is 0.254 e. The van der Waals surface area contributed by atoms with E-state index in [2.05, 4.69) is 26.2 Å². The second-order valence-electron chi connectivity index (χ2n) is 4.37. The molecule has 2 atom stereocenters. The van der Waals surface area contributed by atoms with Crippen LogP contribution in [0.3, 0.4) is 0 Å². The van der Waals surface area contributed by atoms with E-state index in [1.165, 1.54) is 0 Å². The molecule has 0 bridgehead atoms. The molecule has 17 heavy (non-hydrogen) atoms. The highest BCUT2D eigenvalue weighted by Crippen LogP contribution is 2.22. The van der Waals surface area contributed by atoms with Crippen LogP contribution in [0.1, 0.15) is 18.9 Å². The number of carbonyl (C=O) groups excluding carboxylic acids is 1. The van der Waals surface area contributed by atoms with Gasteiger partial charge in [-0.15, -0.1) is 0 Å². The molecule has 1 saturated heterocycles. The van der Waals surface area contributed by atoms with Crippen molar-refractivity contribution in [3.63, 3.8) is 0 Å². The number of nitrogens with one attached hydrogen (secondary N) is 1. The van der Waals surface area contributed by atoms with E-state index in [9.17, 15) is 4.79 Å². The lowest BCUT2D eigenvalue weighted by atomic mass is 10.0. The van der Waals surface area contributed by atoms with Gasteiger partial charge in [-0.1, -0.05) is 6.92 Å². The standard InChI is InChI=1S/C12H15BrN2O2/c1-7-3-4-17-10(7)12(16)15-11-8(2)5-9(13)6-14-11/h5-7,10H,3-4H2,1-2H3,(H,14,15,16). The van der Waals surface area contributed by atoms with Gasteiger partial charge in [-0.25, -0.2) is 4.98 Å². The molecule has 0 aromatic carbocycles. The van der Waals surface area contributed by atoms with Crippen LogP contribution in [-0.4, -0.2) is 23.6 Å². The highest BCUT2D eigenvalue weighted by molar-refractivity contribution is 9.10. The Balaban J connectivity index is 2.07. The van der Waals surface area contributed by atoms with Crippen molar-refractivity contribution in [1.82, 2.24) is 4.98 Å². The predicted molar refractivity (Wildman–Crippen MR) is 68.8 cm³/mol. The van der Waals surface area contributed by atoms with Crippen LogP contribution in [0.2, 0.25) is 0 Å². The quantitative estimate of drug-likeness (QED) is 0.913. The first-order valence-corrected chi connectivity index (χ1v) is 6.42. The number of anilines is 1. The molecule has 1 aliphatic heterocycles. The van der Waals surface area contributed by atoms with Crippen LogP contribution in [0, 0.1) is 12.8 Å². The first-order chi connectivity index (χ1) is 8.08. The number of hydrogen-bond donors (Lipinski definition) is 1. The minimum Gasteiger partial charge on any atom is -0.368 e. The number of pyridine rings is 1. The Morgan fingerprint density at radius 3 is 3.00 bits per heavy atom. The molecule has 0 spiro atoms. The van der Waals surface area contributed by atoms with Crippen LogP contribution in [0.5, 0.6) is 0 Å². The van der Waals surface area contributed by atoms with Gasteiger partial charge in [-0.05, 0) is 46.8 Å². The van der Waals surface area contributed by atoms with Crippen LogP contribution < -0.4 is 5.32 Å². The summed E-state index contributed by atoms with van der Waals surface area (Å²) in [6.45, 7) is 4.59. The van der Waals surface area contributed by atoms with Crippen molar-refractivity contribution in [3.05, 3.63) is 22.3 Å². The van der Waals surface area contributed by atoms with Crippen molar-refractivity contribution in [2.45, 2.75) is 26.4 Å². The second-order valence-corrected chi connectivity index (χ2v) is 5.28. The van der Waals surface area contributed by atoms with Crippen molar-refractivity contribution in [2.75, 3.05) is 11.9 Å². The number of nitrogens with zero attached hydrogens (tertiary/aromatic N) is 1. The lowest BCUT2D eigenvalue weighted by Crippen LogP contribution is -2.31. The average Bonchev–Trinajstić information content (AvgIpc) is 2.68. The number of carbonyl (C=O) groups is 1. The summed E-state index contributed by atoms with van der Waals surface area (Å²) in [5, 5.41) is 2.81. The topological polar surface area (TPSA) is 51.2 Å². The van der Waals surface area contributed by atoms with Crippen LogP contribution in [0.25, 0.3) is 0 Å². The van der Waals surface area contributed by atoms with E-state index in [1.807, 2.05) is 19.9 Å². The van der Waals surface area contributed by atoms with Gasteiger partial charge >= 0.3 is 0 Å². The van der Waals surface area contributed by atoms with Crippen LogP contribution in [0.15, 0.2) is 16.7 Å². The molecule has 92 valence electrons. The summed E-state index contributed by atoms with van der Waals surface area (Å²) in [7, 11) is 0. The Kier molecular flexibility index (Phi) is 3.79. The summed E-state index contributed by atoms with van der Waals surface area (Å²) in [6.07, 6.45) is 2.26. The van der Waals surface area contributed by atoms with Gasteiger partial charge in [0.15, 0.2) is 0 Å². The molecule has 1 aromatic heterocycles. The van der Waals surface area contributed by atoms with Crippen molar-refractivity contribution < 1.29 is 9.53 Å². The molecule has 0 saturated carbocycles. The first-order valence-electron chi connectivity index (χ1n) is 5.62. The lowest BCUT2D eigenvalue weighted by molar-refractivity contribution is -0.126. The molecule has 1 aliphatic rings. The molecule has 0 radical (unpaired) electrons. The van der Waals surface area contributed by atoms with Gasteiger partial charge in [-0.3, -0.25) is 4.79 Å². The zero-order chi connectivity index (χ0) is 12.4.